The zero-order chi connectivity index (χ0) is 65.1. The number of aromatic amines is 1. The van der Waals surface area contributed by atoms with Crippen LogP contribution in [0.1, 0.15) is 103 Å². The van der Waals surface area contributed by atoms with Crippen molar-refractivity contribution in [3.8, 4) is 0 Å². The Morgan fingerprint density at radius 3 is 1.45 bits per heavy atom. The summed E-state index contributed by atoms with van der Waals surface area (Å²) >= 11 is 0. The standard InChI is InChI=1S/C63H86N14O12/c1-34(2)27-43-55(81)68-42(23-15-25-64)54(80)75-52(35(3)4)62(88)74-45(29-38-19-11-8-12-20-38)57(83)71-48(32-51(66)79)59(85)72-47(31-50(65)78)58(84)70-46(30-39-33-67-41-22-14-13-21-40(39)41)60(86)76-53(36(5)6)63(89)77-26-16-24-49(77)61(87)73-44(56(82)69-43)28-37-17-9-7-10-18-37/h7-14,17-22,33-36,42-49,52-53,67H,15-16,23-32,64H2,1-6H3,(H2,65,78)(H2,66,79)(H,68,81)(H,69,82)(H,70,84)(H,71,83)(H,72,85)(H,73,87)(H,74,88)(H,75,80)(H,76,86)/t42-,43-,44+,45-,46+,47-,48-,49-,52-,53-/m0/s1. The number of hydrogen-bond donors (Lipinski definition) is 13. The molecule has 1 aromatic heterocycles. The minimum Gasteiger partial charge on any atom is -0.370 e. The molecule has 10 atom stereocenters. The highest BCUT2D eigenvalue weighted by Crippen LogP contribution is 2.23. The van der Waals surface area contributed by atoms with Crippen molar-refractivity contribution in [3.63, 3.8) is 0 Å². The maximum absolute atomic E-state index is 14.9. The van der Waals surface area contributed by atoms with Gasteiger partial charge < -0.3 is 74.9 Å². The molecular weight excluding hydrogens is 1140 g/mol. The van der Waals surface area contributed by atoms with Gasteiger partial charge in [0, 0.05) is 42.9 Å². The molecule has 4 aromatic rings. The second-order valence-corrected chi connectivity index (χ2v) is 23.9. The summed E-state index contributed by atoms with van der Waals surface area (Å²) < 4.78 is 0. The van der Waals surface area contributed by atoms with Gasteiger partial charge in [0.15, 0.2) is 0 Å². The average Bonchev–Trinajstić information content (AvgIpc) is 2.55. The number of H-pyrrole nitrogens is 1. The molecule has 2 aliphatic heterocycles. The Kier molecular flexibility index (Phi) is 25.3. The molecule has 2 saturated heterocycles. The molecule has 0 bridgehead atoms. The number of hydrogen-bond acceptors (Lipinski definition) is 13. The van der Waals surface area contributed by atoms with E-state index >= 15 is 0 Å². The summed E-state index contributed by atoms with van der Waals surface area (Å²) in [5, 5.41) is 24.8. The van der Waals surface area contributed by atoms with Gasteiger partial charge in [-0.1, -0.05) is 120 Å². The van der Waals surface area contributed by atoms with E-state index in [0.717, 1.165) is 0 Å². The first kappa shape index (κ1) is 68.9. The van der Waals surface area contributed by atoms with Crippen LogP contribution < -0.4 is 65.1 Å². The number of nitrogens with zero attached hydrogens (tertiary/aromatic N) is 1. The second kappa shape index (κ2) is 32.7. The van der Waals surface area contributed by atoms with Crippen molar-refractivity contribution in [1.29, 1.82) is 0 Å². The number of para-hydroxylation sites is 1. The highest BCUT2D eigenvalue weighted by Gasteiger charge is 2.42. The van der Waals surface area contributed by atoms with E-state index in [9.17, 15) is 57.5 Å². The quantitative estimate of drug-likeness (QED) is 0.0630. The third-order valence-electron chi connectivity index (χ3n) is 15.6. The van der Waals surface area contributed by atoms with Crippen LogP contribution in [0.25, 0.3) is 10.9 Å². The lowest BCUT2D eigenvalue weighted by Crippen LogP contribution is -2.62. The number of aromatic nitrogens is 1. The fourth-order valence-corrected chi connectivity index (χ4v) is 10.9. The maximum Gasteiger partial charge on any atom is 0.246 e. The molecule has 480 valence electrons. The lowest BCUT2D eigenvalue weighted by atomic mass is 9.98. The molecule has 0 aliphatic carbocycles. The first-order valence-corrected chi connectivity index (χ1v) is 30.3. The van der Waals surface area contributed by atoms with E-state index in [1.54, 1.807) is 119 Å². The van der Waals surface area contributed by atoms with Gasteiger partial charge in [0.25, 0.3) is 0 Å². The summed E-state index contributed by atoms with van der Waals surface area (Å²) in [6.45, 7) is 10.4. The fourth-order valence-electron chi connectivity index (χ4n) is 10.9. The number of rotatable bonds is 17. The zero-order valence-corrected chi connectivity index (χ0v) is 51.2. The van der Waals surface area contributed by atoms with E-state index in [-0.39, 0.29) is 64.0 Å². The number of benzene rings is 3. The molecule has 12 amide bonds. The van der Waals surface area contributed by atoms with Crippen molar-refractivity contribution in [3.05, 3.63) is 108 Å². The SMILES string of the molecule is CC(C)C[C@@H]1NC(=O)[C@@H](Cc2ccccc2)NC(=O)[C@@H]2CCCN2C(=O)[C@H](C(C)C)NC(=O)[C@@H](Cc2c[nH]c3ccccc23)NC(=O)[C@H](CC(N)=O)NC(=O)[C@H](CC(N)=O)NC(=O)[C@H](Cc2ccccc2)NC(=O)[C@H](C(C)C)NC(=O)[C@H](CCCN)NC1=O. The van der Waals surface area contributed by atoms with Crippen LogP contribution in [0.3, 0.4) is 0 Å². The summed E-state index contributed by atoms with van der Waals surface area (Å²) in [5.74, 6) is -12.4. The number of nitrogens with two attached hydrogens (primary N) is 3. The minimum absolute atomic E-state index is 0.0105. The van der Waals surface area contributed by atoms with Gasteiger partial charge in [-0.3, -0.25) is 57.5 Å². The third kappa shape index (κ3) is 19.9. The predicted molar refractivity (Wildman–Crippen MR) is 329 cm³/mol. The molecule has 6 rings (SSSR count). The van der Waals surface area contributed by atoms with Gasteiger partial charge in [-0.25, -0.2) is 0 Å². The van der Waals surface area contributed by atoms with Crippen LogP contribution in [-0.4, -0.2) is 154 Å². The number of nitrogens with one attached hydrogen (secondary N) is 10. The molecule has 2 aliphatic rings. The van der Waals surface area contributed by atoms with Crippen LogP contribution in [0, 0.1) is 17.8 Å². The molecule has 16 N–H and O–H groups in total. The van der Waals surface area contributed by atoms with Crippen LogP contribution >= 0.6 is 0 Å². The Balaban J connectivity index is 1.44. The highest BCUT2D eigenvalue weighted by molar-refractivity contribution is 6.01. The minimum atomic E-state index is -1.86. The maximum atomic E-state index is 14.9. The van der Waals surface area contributed by atoms with Crippen molar-refractivity contribution < 1.29 is 57.5 Å². The molecule has 3 heterocycles. The Morgan fingerprint density at radius 1 is 0.494 bits per heavy atom. The van der Waals surface area contributed by atoms with E-state index in [2.05, 4.69) is 52.8 Å². The van der Waals surface area contributed by atoms with Crippen molar-refractivity contribution in [2.75, 3.05) is 13.1 Å². The largest absolute Gasteiger partial charge is 0.370 e. The summed E-state index contributed by atoms with van der Waals surface area (Å²) in [4.78, 5) is 176. The number of primary amides is 2. The van der Waals surface area contributed by atoms with E-state index in [1.807, 2.05) is 13.8 Å². The Hall–Kier alpha value is -9.20. The molecule has 26 heteroatoms. The smallest absolute Gasteiger partial charge is 0.246 e. The van der Waals surface area contributed by atoms with Gasteiger partial charge in [-0.05, 0) is 79.2 Å². The van der Waals surface area contributed by atoms with Gasteiger partial charge in [0.1, 0.15) is 60.4 Å². The molecule has 26 nitrogen and oxygen atoms in total. The molecule has 0 unspecified atom stereocenters. The Labute approximate surface area is 517 Å². The highest BCUT2D eigenvalue weighted by atomic mass is 16.2. The molecule has 0 saturated carbocycles. The lowest BCUT2D eigenvalue weighted by molar-refractivity contribution is -0.143. The van der Waals surface area contributed by atoms with Crippen LogP contribution in [0.4, 0.5) is 0 Å². The van der Waals surface area contributed by atoms with Crippen LogP contribution in [0.5, 0.6) is 0 Å². The van der Waals surface area contributed by atoms with E-state index in [0.29, 0.717) is 34.0 Å². The van der Waals surface area contributed by atoms with Crippen LogP contribution in [0.2, 0.25) is 0 Å². The first-order chi connectivity index (χ1) is 42.3. The molecular formula is C63H86N14O12. The number of amides is 12. The molecule has 89 heavy (non-hydrogen) atoms. The summed E-state index contributed by atoms with van der Waals surface area (Å²) in [6.07, 6.45) is 0.263. The topological polar surface area (TPSA) is 410 Å². The summed E-state index contributed by atoms with van der Waals surface area (Å²) in [6, 6.07) is 9.83. The first-order valence-electron chi connectivity index (χ1n) is 30.3. The van der Waals surface area contributed by atoms with Crippen LogP contribution in [0.15, 0.2) is 91.1 Å². The number of carbonyl (C=O) groups excluding carboxylic acids is 12. The number of fused-ring (bicyclic) bond motifs is 2. The molecule has 2 fully saturated rings. The van der Waals surface area contributed by atoms with Gasteiger partial charge in [0.2, 0.25) is 70.9 Å². The third-order valence-corrected chi connectivity index (χ3v) is 15.6. The molecule has 3 aromatic carbocycles. The second-order valence-electron chi connectivity index (χ2n) is 23.9. The number of carbonyl (C=O) groups is 12. The predicted octanol–water partition coefficient (Wildman–Crippen LogP) is -0.589. The summed E-state index contributed by atoms with van der Waals surface area (Å²) in [5.41, 5.74) is 19.6. The molecule has 0 radical (unpaired) electrons. The van der Waals surface area contributed by atoms with Crippen molar-refractivity contribution in [2.45, 2.75) is 166 Å². The van der Waals surface area contributed by atoms with Crippen LogP contribution in [-0.2, 0) is 76.8 Å². The van der Waals surface area contributed by atoms with Gasteiger partial charge >= 0.3 is 0 Å². The van der Waals surface area contributed by atoms with Gasteiger partial charge in [-0.15, -0.1) is 0 Å². The van der Waals surface area contributed by atoms with Gasteiger partial charge in [-0.2, -0.15) is 0 Å². The van der Waals surface area contributed by atoms with Crippen molar-refractivity contribution in [1.82, 2.24) is 57.7 Å². The average molecular weight is 1230 g/mol. The fraction of sp³-hybridized carbons (Fsp3) is 0.492. The lowest BCUT2D eigenvalue weighted by Gasteiger charge is -2.32. The zero-order valence-electron chi connectivity index (χ0n) is 51.2. The molecule has 0 spiro atoms. The van der Waals surface area contributed by atoms with Crippen molar-refractivity contribution in [2.24, 2.45) is 35.0 Å². The van der Waals surface area contributed by atoms with E-state index in [4.69, 9.17) is 17.2 Å². The Bertz CT molecular complexity index is 3170. The monoisotopic (exact) mass is 1230 g/mol. The van der Waals surface area contributed by atoms with Crippen molar-refractivity contribution >= 4 is 81.8 Å². The summed E-state index contributed by atoms with van der Waals surface area (Å²) in [7, 11) is 0. The Morgan fingerprint density at radius 2 is 0.921 bits per heavy atom. The van der Waals surface area contributed by atoms with E-state index < -0.39 is 156 Å². The van der Waals surface area contributed by atoms with Gasteiger partial charge in [0.05, 0.1) is 12.8 Å². The normalized spacial score (nSPS) is 24.5. The van der Waals surface area contributed by atoms with E-state index in [1.165, 1.54) is 4.90 Å².